The number of methoxy groups -OCH3 is 1. The molecule has 5 N–H and O–H groups in total. The zero-order valence-corrected chi connectivity index (χ0v) is 12.6. The van der Waals surface area contributed by atoms with Gasteiger partial charge in [0.15, 0.2) is 5.78 Å². The molecule has 23 heavy (non-hydrogen) atoms. The van der Waals surface area contributed by atoms with Crippen molar-refractivity contribution in [2.75, 3.05) is 7.11 Å². The van der Waals surface area contributed by atoms with Crippen LogP contribution in [0.1, 0.15) is 28.9 Å². The molecule has 1 aromatic carbocycles. The van der Waals surface area contributed by atoms with Crippen LogP contribution in [0.15, 0.2) is 23.8 Å². The van der Waals surface area contributed by atoms with Gasteiger partial charge in [-0.3, -0.25) is 4.79 Å². The average molecular weight is 322 g/mol. The van der Waals surface area contributed by atoms with Crippen molar-refractivity contribution in [3.63, 3.8) is 0 Å². The lowest BCUT2D eigenvalue weighted by atomic mass is 9.66. The molecule has 0 heterocycles. The molecule has 0 unspecified atom stereocenters. The highest BCUT2D eigenvalue weighted by atomic mass is 16.5. The van der Waals surface area contributed by atoms with Crippen molar-refractivity contribution in [3.8, 4) is 11.5 Å². The third-order valence-electron chi connectivity index (χ3n) is 4.74. The lowest BCUT2D eigenvalue weighted by molar-refractivity contribution is -0.155. The summed E-state index contributed by atoms with van der Waals surface area (Å²) in [6.07, 6.45) is -3.25. The van der Waals surface area contributed by atoms with E-state index in [0.717, 1.165) is 6.08 Å². The van der Waals surface area contributed by atoms with Gasteiger partial charge in [0, 0.05) is 17.6 Å². The van der Waals surface area contributed by atoms with Gasteiger partial charge in [-0.25, -0.2) is 0 Å². The van der Waals surface area contributed by atoms with E-state index in [-0.39, 0.29) is 28.2 Å². The first-order chi connectivity index (χ1) is 10.7. The van der Waals surface area contributed by atoms with Crippen molar-refractivity contribution in [2.24, 2.45) is 5.92 Å². The quantitative estimate of drug-likeness (QED) is 0.478. The summed E-state index contributed by atoms with van der Waals surface area (Å²) in [5, 5.41) is 51.2. The average Bonchev–Trinajstić information content (AvgIpc) is 2.49. The maximum Gasteiger partial charge on any atom is 0.193 e. The van der Waals surface area contributed by atoms with Crippen molar-refractivity contribution < 1.29 is 35.1 Å². The van der Waals surface area contributed by atoms with E-state index in [4.69, 9.17) is 4.74 Å². The first kappa shape index (κ1) is 15.9. The molecule has 7 nitrogen and oxygen atoms in total. The van der Waals surface area contributed by atoms with Gasteiger partial charge in [0.05, 0.1) is 24.9 Å². The Morgan fingerprint density at radius 3 is 2.48 bits per heavy atom. The van der Waals surface area contributed by atoms with Crippen LogP contribution in [0.25, 0.3) is 0 Å². The number of carbonyl (C=O) groups is 1. The second-order valence-electron chi connectivity index (χ2n) is 6.15. The number of phenolic OH excluding ortho intramolecular Hbond substituents is 1. The topological polar surface area (TPSA) is 127 Å². The Bertz CT molecular complexity index is 707. The molecule has 5 atom stereocenters. The number of rotatable bonds is 1. The summed E-state index contributed by atoms with van der Waals surface area (Å²) in [6, 6.07) is 2.65. The van der Waals surface area contributed by atoms with Crippen LogP contribution in [-0.4, -0.2) is 56.2 Å². The Hall–Kier alpha value is -1.93. The fourth-order valence-corrected chi connectivity index (χ4v) is 3.29. The number of hydrogen-bond donors (Lipinski definition) is 5. The normalized spacial score (nSPS) is 36.1. The van der Waals surface area contributed by atoms with Crippen LogP contribution in [0, 0.1) is 5.92 Å². The predicted molar refractivity (Wildman–Crippen MR) is 78.2 cm³/mol. The third-order valence-corrected chi connectivity index (χ3v) is 4.74. The number of aliphatic hydroxyl groups is 4. The molecule has 2 aliphatic rings. The zero-order valence-electron chi connectivity index (χ0n) is 12.6. The molecule has 0 saturated heterocycles. The van der Waals surface area contributed by atoms with Crippen LogP contribution in [0.2, 0.25) is 0 Å². The van der Waals surface area contributed by atoms with Gasteiger partial charge in [0.1, 0.15) is 23.2 Å². The van der Waals surface area contributed by atoms with Crippen molar-refractivity contribution in [1.29, 1.82) is 0 Å². The Morgan fingerprint density at radius 1 is 1.22 bits per heavy atom. The minimum atomic E-state index is -1.91. The van der Waals surface area contributed by atoms with E-state index in [1.165, 1.54) is 26.2 Å². The molecule has 0 bridgehead atoms. The molecule has 0 amide bonds. The molecule has 0 spiro atoms. The molecule has 2 aliphatic carbocycles. The summed E-state index contributed by atoms with van der Waals surface area (Å²) in [4.78, 5) is 12.6. The minimum absolute atomic E-state index is 0.0306. The van der Waals surface area contributed by atoms with E-state index in [0.29, 0.717) is 0 Å². The Balaban J connectivity index is 2.23. The van der Waals surface area contributed by atoms with Gasteiger partial charge in [-0.05, 0) is 24.6 Å². The number of aliphatic hydroxyl groups excluding tert-OH is 3. The van der Waals surface area contributed by atoms with E-state index in [1.807, 2.05) is 0 Å². The number of fused-ring (bicyclic) bond motifs is 2. The molecule has 0 saturated carbocycles. The van der Waals surface area contributed by atoms with E-state index < -0.39 is 35.6 Å². The smallest absolute Gasteiger partial charge is 0.193 e. The van der Waals surface area contributed by atoms with Crippen LogP contribution in [0.5, 0.6) is 11.5 Å². The molecular weight excluding hydrogens is 304 g/mol. The maximum absolute atomic E-state index is 12.6. The summed E-state index contributed by atoms with van der Waals surface area (Å²) in [5.41, 5.74) is -1.92. The number of ketones is 1. The Kier molecular flexibility index (Phi) is 3.49. The zero-order chi connectivity index (χ0) is 17.1. The van der Waals surface area contributed by atoms with Crippen molar-refractivity contribution >= 4 is 5.78 Å². The van der Waals surface area contributed by atoms with E-state index in [9.17, 15) is 30.3 Å². The summed E-state index contributed by atoms with van der Waals surface area (Å²) < 4.78 is 5.02. The predicted octanol–water partition coefficient (Wildman–Crippen LogP) is -0.341. The molecule has 0 aromatic heterocycles. The van der Waals surface area contributed by atoms with Gasteiger partial charge in [-0.1, -0.05) is 0 Å². The fourth-order valence-electron chi connectivity index (χ4n) is 3.29. The second-order valence-corrected chi connectivity index (χ2v) is 6.15. The highest BCUT2D eigenvalue weighted by molar-refractivity contribution is 6.13. The first-order valence-electron chi connectivity index (χ1n) is 7.14. The first-order valence-corrected chi connectivity index (χ1v) is 7.14. The van der Waals surface area contributed by atoms with Crippen LogP contribution < -0.4 is 4.74 Å². The van der Waals surface area contributed by atoms with Crippen molar-refractivity contribution in [1.82, 2.24) is 0 Å². The third kappa shape index (κ3) is 2.08. The number of hydrogen-bond acceptors (Lipinski definition) is 7. The molecule has 7 heteroatoms. The molecule has 0 aliphatic heterocycles. The monoisotopic (exact) mass is 322 g/mol. The van der Waals surface area contributed by atoms with Crippen LogP contribution >= 0.6 is 0 Å². The molecule has 1 aromatic rings. The minimum Gasteiger partial charge on any atom is -0.507 e. The second kappa shape index (κ2) is 5.04. The summed E-state index contributed by atoms with van der Waals surface area (Å²) in [6.45, 7) is 1.23. The molecule has 124 valence electrons. The molecular formula is C16H18O7. The SMILES string of the molecule is COc1cc(O)c2c(c1)[C@H](O)[C@@H]1C(=C[C@@H](O)[C@@](C)(O)[C@@H]1O)C2=O. The lowest BCUT2D eigenvalue weighted by Crippen LogP contribution is -2.58. The van der Waals surface area contributed by atoms with Gasteiger partial charge < -0.3 is 30.3 Å². The van der Waals surface area contributed by atoms with Crippen molar-refractivity contribution in [3.05, 3.63) is 34.9 Å². The molecule has 0 fully saturated rings. The number of phenols is 1. The fraction of sp³-hybridized carbons (Fsp3) is 0.438. The molecule has 0 radical (unpaired) electrons. The van der Waals surface area contributed by atoms with Gasteiger partial charge in [0.2, 0.25) is 0 Å². The van der Waals surface area contributed by atoms with Crippen molar-refractivity contribution in [2.45, 2.75) is 30.8 Å². The van der Waals surface area contributed by atoms with Gasteiger partial charge in [0.25, 0.3) is 0 Å². The number of ether oxygens (including phenoxy) is 1. The largest absolute Gasteiger partial charge is 0.507 e. The maximum atomic E-state index is 12.6. The van der Waals surface area contributed by atoms with Crippen LogP contribution in [0.3, 0.4) is 0 Å². The number of benzene rings is 1. The molecule has 3 rings (SSSR count). The highest BCUT2D eigenvalue weighted by Crippen LogP contribution is 2.48. The van der Waals surface area contributed by atoms with Gasteiger partial charge in [-0.15, -0.1) is 0 Å². The van der Waals surface area contributed by atoms with Crippen LogP contribution in [0.4, 0.5) is 0 Å². The Labute approximate surface area is 132 Å². The van der Waals surface area contributed by atoms with E-state index in [1.54, 1.807) is 0 Å². The van der Waals surface area contributed by atoms with Gasteiger partial charge in [-0.2, -0.15) is 0 Å². The van der Waals surface area contributed by atoms with E-state index in [2.05, 4.69) is 0 Å². The summed E-state index contributed by atoms with van der Waals surface area (Å²) in [7, 11) is 1.38. The van der Waals surface area contributed by atoms with Crippen LogP contribution in [-0.2, 0) is 0 Å². The number of Topliss-reactive ketones (excluding diaryl/α,β-unsaturated/α-hetero) is 1. The summed E-state index contributed by atoms with van der Waals surface area (Å²) in [5.74, 6) is -1.83. The summed E-state index contributed by atoms with van der Waals surface area (Å²) >= 11 is 0. The highest BCUT2D eigenvalue weighted by Gasteiger charge is 2.53. The van der Waals surface area contributed by atoms with Gasteiger partial charge >= 0.3 is 0 Å². The van der Waals surface area contributed by atoms with E-state index >= 15 is 0 Å². The number of aromatic hydroxyl groups is 1. The number of carbonyl (C=O) groups excluding carboxylic acids is 1. The lowest BCUT2D eigenvalue weighted by Gasteiger charge is -2.45. The standard InChI is InChI=1S/C16H18O7/c1-16(22)10(18)5-8-12(15(16)21)14(20)7-3-6(23-2)4-9(17)11(7)13(8)19/h3-5,10,12,14-15,17-18,20-22H,1-2H3/t10-,12+,14+,15-,16-/m1/s1. The Morgan fingerprint density at radius 2 is 1.87 bits per heavy atom.